The van der Waals surface area contributed by atoms with Crippen LogP contribution in [-0.2, 0) is 20.8 Å². The summed E-state index contributed by atoms with van der Waals surface area (Å²) in [5.74, 6) is -2.50. The number of aromatic amines is 1. The average Bonchev–Trinajstić information content (AvgIpc) is 3.15. The molecule has 12 nitrogen and oxygen atoms in total. The normalized spacial score (nSPS) is 13.2. The van der Waals surface area contributed by atoms with Crippen LogP contribution in [0.15, 0.2) is 12.5 Å². The van der Waals surface area contributed by atoms with Gasteiger partial charge in [-0.15, -0.1) is 0 Å². The smallest absolute Gasteiger partial charge is 0.320 e. The number of rotatable bonds is 11. The molecule has 1 heterocycles. The van der Waals surface area contributed by atoms with E-state index < -0.39 is 36.0 Å². The van der Waals surface area contributed by atoms with E-state index in [0.717, 1.165) is 12.8 Å². The Hall–Kier alpha value is -2.54. The summed E-state index contributed by atoms with van der Waals surface area (Å²) in [5.41, 5.74) is 21.6. The molecule has 1 rings (SSSR count). The third-order valence-corrected chi connectivity index (χ3v) is 3.63. The van der Waals surface area contributed by atoms with Crippen molar-refractivity contribution in [1.29, 1.82) is 0 Å². The molecule has 0 aromatic carbocycles. The van der Waals surface area contributed by atoms with E-state index in [1.54, 1.807) is 6.20 Å². The standard InChI is InChI=1S/C6H9N3O2.C6H14N2O2.C6H13NO2/c7-5(6(10)11)1-4-2-8-3-9-4;7-4-2-1-3-5(8)6(9)10;1-4(2)3-5(7)6(8)9/h2-3,5H,1,7H2,(H,8,9)(H,10,11);5H,1-4,7-8H2,(H,9,10);4-5H,3,7H2,1-2H3,(H,8,9). The number of carbonyl (C=O) groups is 3. The van der Waals surface area contributed by atoms with Crippen LogP contribution < -0.4 is 22.9 Å². The zero-order valence-electron chi connectivity index (χ0n) is 17.5. The van der Waals surface area contributed by atoms with Crippen LogP contribution in [0, 0.1) is 5.92 Å². The quantitative estimate of drug-likeness (QED) is 0.204. The summed E-state index contributed by atoms with van der Waals surface area (Å²) in [6, 6.07) is -2.27. The van der Waals surface area contributed by atoms with E-state index in [1.165, 1.54) is 6.33 Å². The zero-order valence-corrected chi connectivity index (χ0v) is 17.5. The second-order valence-electron chi connectivity index (χ2n) is 7.01. The summed E-state index contributed by atoms with van der Waals surface area (Å²) in [6.07, 6.45) is 6.10. The van der Waals surface area contributed by atoms with E-state index in [-0.39, 0.29) is 6.42 Å². The lowest BCUT2D eigenvalue weighted by molar-refractivity contribution is -0.139. The largest absolute Gasteiger partial charge is 0.480 e. The van der Waals surface area contributed by atoms with Gasteiger partial charge in [0.15, 0.2) is 0 Å². The van der Waals surface area contributed by atoms with Crippen molar-refractivity contribution in [1.82, 2.24) is 9.97 Å². The Labute approximate surface area is 176 Å². The van der Waals surface area contributed by atoms with E-state index >= 15 is 0 Å². The Kier molecular flexibility index (Phi) is 17.1. The number of unbranched alkanes of at least 4 members (excludes halogenated alkanes) is 1. The number of nitrogens with two attached hydrogens (primary N) is 4. The number of nitrogens with one attached hydrogen (secondary N) is 1. The Balaban J connectivity index is 0. The van der Waals surface area contributed by atoms with Crippen molar-refractivity contribution in [3.8, 4) is 0 Å². The van der Waals surface area contributed by atoms with Crippen molar-refractivity contribution in [3.63, 3.8) is 0 Å². The van der Waals surface area contributed by atoms with Crippen LogP contribution >= 0.6 is 0 Å². The molecule has 0 amide bonds. The van der Waals surface area contributed by atoms with Crippen molar-refractivity contribution >= 4 is 17.9 Å². The fraction of sp³-hybridized carbons (Fsp3) is 0.667. The second-order valence-corrected chi connectivity index (χ2v) is 7.01. The van der Waals surface area contributed by atoms with Gasteiger partial charge < -0.3 is 43.2 Å². The van der Waals surface area contributed by atoms with Crippen LogP contribution in [0.25, 0.3) is 0 Å². The molecular formula is C18H36N6O6. The Bertz CT molecular complexity index is 596. The van der Waals surface area contributed by atoms with Gasteiger partial charge in [-0.05, 0) is 31.7 Å². The molecule has 0 spiro atoms. The number of H-pyrrole nitrogens is 1. The fourth-order valence-corrected chi connectivity index (χ4v) is 1.96. The third kappa shape index (κ3) is 17.6. The molecular weight excluding hydrogens is 396 g/mol. The van der Waals surface area contributed by atoms with Gasteiger partial charge in [0.2, 0.25) is 0 Å². The summed E-state index contributed by atoms with van der Waals surface area (Å²) >= 11 is 0. The molecule has 0 radical (unpaired) electrons. The molecule has 1 aromatic rings. The minimum Gasteiger partial charge on any atom is -0.480 e. The van der Waals surface area contributed by atoms with E-state index in [9.17, 15) is 14.4 Å². The van der Waals surface area contributed by atoms with Gasteiger partial charge in [-0.2, -0.15) is 0 Å². The predicted molar refractivity (Wildman–Crippen MR) is 111 cm³/mol. The van der Waals surface area contributed by atoms with Crippen LogP contribution in [0.2, 0.25) is 0 Å². The molecule has 0 fully saturated rings. The molecule has 1 aromatic heterocycles. The molecule has 0 saturated carbocycles. The summed E-state index contributed by atoms with van der Waals surface area (Å²) in [7, 11) is 0. The maximum atomic E-state index is 10.3. The molecule has 0 saturated heterocycles. The molecule has 0 bridgehead atoms. The van der Waals surface area contributed by atoms with E-state index in [0.29, 0.717) is 31.0 Å². The van der Waals surface area contributed by atoms with Crippen LogP contribution in [-0.4, -0.2) is 67.9 Å². The number of aliphatic carboxylic acids is 3. The molecule has 12 heteroatoms. The Morgan fingerprint density at radius 2 is 1.50 bits per heavy atom. The highest BCUT2D eigenvalue weighted by atomic mass is 16.4. The van der Waals surface area contributed by atoms with Gasteiger partial charge in [0.1, 0.15) is 18.1 Å². The van der Waals surface area contributed by atoms with Crippen molar-refractivity contribution in [2.24, 2.45) is 28.9 Å². The SMILES string of the molecule is CC(C)CC(N)C(=O)O.NC(Cc1c[nH]cn1)C(=O)O.NCCCCC(N)C(=O)O. The van der Waals surface area contributed by atoms with E-state index in [1.807, 2.05) is 13.8 Å². The minimum absolute atomic E-state index is 0.263. The highest BCUT2D eigenvalue weighted by molar-refractivity contribution is 5.73. The number of hydrogen-bond acceptors (Lipinski definition) is 8. The lowest BCUT2D eigenvalue weighted by Gasteiger charge is -2.07. The van der Waals surface area contributed by atoms with E-state index in [4.69, 9.17) is 38.3 Å². The Morgan fingerprint density at radius 1 is 0.967 bits per heavy atom. The lowest BCUT2D eigenvalue weighted by Crippen LogP contribution is -2.32. The Morgan fingerprint density at radius 3 is 1.83 bits per heavy atom. The maximum absolute atomic E-state index is 10.3. The van der Waals surface area contributed by atoms with Gasteiger partial charge >= 0.3 is 17.9 Å². The zero-order chi connectivity index (χ0) is 23.7. The number of nitrogens with zero attached hydrogens (tertiary/aromatic N) is 1. The minimum atomic E-state index is -1.01. The number of aromatic nitrogens is 2. The maximum Gasteiger partial charge on any atom is 0.320 e. The van der Waals surface area contributed by atoms with Crippen molar-refractivity contribution in [2.45, 2.75) is 64.1 Å². The van der Waals surface area contributed by atoms with Gasteiger partial charge in [-0.25, -0.2) is 4.98 Å². The number of carboxylic acids is 3. The number of hydrogen-bond donors (Lipinski definition) is 8. The third-order valence-electron chi connectivity index (χ3n) is 3.63. The molecule has 3 atom stereocenters. The van der Waals surface area contributed by atoms with Crippen LogP contribution in [0.5, 0.6) is 0 Å². The molecule has 0 aliphatic carbocycles. The average molecular weight is 433 g/mol. The van der Waals surface area contributed by atoms with Crippen LogP contribution in [0.4, 0.5) is 0 Å². The van der Waals surface area contributed by atoms with Crippen LogP contribution in [0.1, 0.15) is 45.2 Å². The van der Waals surface area contributed by atoms with E-state index in [2.05, 4.69) is 9.97 Å². The second kappa shape index (κ2) is 17.3. The first-order valence-electron chi connectivity index (χ1n) is 9.55. The van der Waals surface area contributed by atoms with Crippen LogP contribution in [0.3, 0.4) is 0 Å². The summed E-state index contributed by atoms with van der Waals surface area (Å²) in [5, 5.41) is 25.0. The fourth-order valence-electron chi connectivity index (χ4n) is 1.96. The van der Waals surface area contributed by atoms with Crippen molar-refractivity contribution in [3.05, 3.63) is 18.2 Å². The monoisotopic (exact) mass is 432 g/mol. The molecule has 3 unspecified atom stereocenters. The topological polar surface area (TPSA) is 245 Å². The summed E-state index contributed by atoms with van der Waals surface area (Å²) < 4.78 is 0. The number of imidazole rings is 1. The van der Waals surface area contributed by atoms with Gasteiger partial charge in [-0.3, -0.25) is 14.4 Å². The first-order valence-corrected chi connectivity index (χ1v) is 9.55. The first kappa shape index (κ1) is 29.7. The van der Waals surface area contributed by atoms with Gasteiger partial charge in [0.25, 0.3) is 0 Å². The van der Waals surface area contributed by atoms with Crippen molar-refractivity contribution in [2.75, 3.05) is 6.54 Å². The number of carboxylic acid groups (broad SMARTS) is 3. The lowest BCUT2D eigenvalue weighted by atomic mass is 10.1. The predicted octanol–water partition coefficient (Wildman–Crippen LogP) is -0.664. The summed E-state index contributed by atoms with van der Waals surface area (Å²) in [6.45, 7) is 4.50. The summed E-state index contributed by atoms with van der Waals surface area (Å²) in [4.78, 5) is 37.1. The van der Waals surface area contributed by atoms with Gasteiger partial charge in [-0.1, -0.05) is 20.3 Å². The first-order chi connectivity index (χ1) is 13.9. The highest BCUT2D eigenvalue weighted by Crippen LogP contribution is 2.01. The molecule has 30 heavy (non-hydrogen) atoms. The molecule has 12 N–H and O–H groups in total. The molecule has 0 aliphatic rings. The molecule has 174 valence electrons. The van der Waals surface area contributed by atoms with Crippen molar-refractivity contribution < 1.29 is 29.7 Å². The van der Waals surface area contributed by atoms with Gasteiger partial charge in [0.05, 0.1) is 12.0 Å². The highest BCUT2D eigenvalue weighted by Gasteiger charge is 2.13. The molecule has 0 aliphatic heterocycles. The van der Waals surface area contributed by atoms with Gasteiger partial charge in [0, 0.05) is 12.6 Å².